The van der Waals surface area contributed by atoms with E-state index in [-0.39, 0.29) is 54.2 Å². The molecule has 0 bridgehead atoms. The van der Waals surface area contributed by atoms with Crippen molar-refractivity contribution in [3.8, 4) is 11.8 Å². The van der Waals surface area contributed by atoms with Gasteiger partial charge in [0.25, 0.3) is 5.91 Å². The Morgan fingerprint density at radius 1 is 1.07 bits per heavy atom. The van der Waals surface area contributed by atoms with Gasteiger partial charge in [-0.15, -0.1) is 11.8 Å². The first-order valence-corrected chi connectivity index (χ1v) is 14.8. The molecule has 3 aliphatic rings. The number of hydrogen-bond acceptors (Lipinski definition) is 8. The smallest absolute Gasteiger partial charge is 0.255 e. The highest BCUT2D eigenvalue weighted by molar-refractivity contribution is 7.99. The minimum Gasteiger partial charge on any atom is -0.488 e. The molecule has 3 aliphatic heterocycles. The van der Waals surface area contributed by atoms with Crippen LogP contribution in [0.4, 0.5) is 14.5 Å². The van der Waals surface area contributed by atoms with E-state index in [2.05, 4.69) is 10.3 Å². The summed E-state index contributed by atoms with van der Waals surface area (Å²) in [5.41, 5.74) is 2.06. The molecule has 0 radical (unpaired) electrons. The number of nitriles is 1. The summed E-state index contributed by atoms with van der Waals surface area (Å²) in [7, 11) is 0. The molecule has 1 atom stereocenters. The molecular weight excluding hydrogens is 576 g/mol. The van der Waals surface area contributed by atoms with Crippen LogP contribution in [-0.4, -0.2) is 52.0 Å². The Morgan fingerprint density at radius 2 is 1.88 bits per heavy atom. The van der Waals surface area contributed by atoms with Gasteiger partial charge in [0, 0.05) is 41.5 Å². The highest BCUT2D eigenvalue weighted by Crippen LogP contribution is 2.35. The van der Waals surface area contributed by atoms with Gasteiger partial charge in [-0.1, -0.05) is 6.07 Å². The monoisotopic (exact) mass is 603 g/mol. The minimum absolute atomic E-state index is 0.0958. The Kier molecular flexibility index (Phi) is 7.99. The van der Waals surface area contributed by atoms with E-state index in [1.54, 1.807) is 42.5 Å². The molecular formula is C31H27F2N5O4S. The number of anilines is 1. The number of ether oxygens (including phenoxy) is 1. The van der Waals surface area contributed by atoms with E-state index in [4.69, 9.17) is 10.00 Å². The van der Waals surface area contributed by atoms with Crippen LogP contribution in [0.1, 0.15) is 52.7 Å². The molecule has 9 nitrogen and oxygen atoms in total. The number of thioether (sulfide) groups is 1. The quantitative estimate of drug-likeness (QED) is 0.314. The third-order valence-electron chi connectivity index (χ3n) is 7.97. The van der Waals surface area contributed by atoms with Gasteiger partial charge in [-0.25, -0.2) is 9.37 Å². The molecule has 1 aromatic heterocycles. The summed E-state index contributed by atoms with van der Waals surface area (Å²) in [5, 5.41) is 12.0. The molecule has 2 saturated heterocycles. The number of benzene rings is 2. The van der Waals surface area contributed by atoms with Crippen molar-refractivity contribution in [3.63, 3.8) is 0 Å². The SMILES string of the molecule is N#Cc1ccc(N2CCC(Sc3ccc(COc4cccc5c4CN(C4CCC(=O)NC4=O)C5=O)c(F)n3)CC2)c(F)c1. The van der Waals surface area contributed by atoms with E-state index in [0.717, 1.165) is 12.8 Å². The number of amides is 3. The van der Waals surface area contributed by atoms with Gasteiger partial charge in [-0.05, 0) is 61.7 Å². The zero-order chi connectivity index (χ0) is 30.1. The average molecular weight is 604 g/mol. The third-order valence-corrected chi connectivity index (χ3v) is 9.24. The molecule has 220 valence electrons. The van der Waals surface area contributed by atoms with Crippen molar-refractivity contribution in [1.82, 2.24) is 15.2 Å². The van der Waals surface area contributed by atoms with Gasteiger partial charge in [0.2, 0.25) is 17.8 Å². The van der Waals surface area contributed by atoms with Gasteiger partial charge < -0.3 is 14.5 Å². The van der Waals surface area contributed by atoms with Gasteiger partial charge in [0.05, 0.1) is 28.9 Å². The van der Waals surface area contributed by atoms with E-state index < -0.39 is 23.7 Å². The molecule has 2 fully saturated rings. The van der Waals surface area contributed by atoms with Crippen LogP contribution in [0, 0.1) is 23.1 Å². The summed E-state index contributed by atoms with van der Waals surface area (Å²) >= 11 is 1.49. The van der Waals surface area contributed by atoms with E-state index in [0.29, 0.717) is 40.7 Å². The molecule has 3 aromatic rings. The fourth-order valence-electron chi connectivity index (χ4n) is 5.69. The largest absolute Gasteiger partial charge is 0.488 e. The number of piperidine rings is 2. The Balaban J connectivity index is 1.05. The number of halogens is 2. The van der Waals surface area contributed by atoms with Crippen LogP contribution in [0.5, 0.6) is 5.75 Å². The molecule has 1 N–H and O–H groups in total. The van der Waals surface area contributed by atoms with E-state index in [9.17, 15) is 18.8 Å². The predicted octanol–water partition coefficient (Wildman–Crippen LogP) is 4.33. The van der Waals surface area contributed by atoms with Gasteiger partial charge >= 0.3 is 0 Å². The predicted molar refractivity (Wildman–Crippen MR) is 153 cm³/mol. The number of nitrogens with zero attached hydrogens (tertiary/aromatic N) is 4. The fourth-order valence-corrected chi connectivity index (χ4v) is 6.75. The van der Waals surface area contributed by atoms with Crippen LogP contribution in [0.15, 0.2) is 53.6 Å². The maximum absolute atomic E-state index is 15.0. The van der Waals surface area contributed by atoms with Gasteiger partial charge in [0.1, 0.15) is 24.2 Å². The molecule has 0 spiro atoms. The van der Waals surface area contributed by atoms with Crippen molar-refractivity contribution in [3.05, 3.63) is 82.5 Å². The van der Waals surface area contributed by atoms with Crippen molar-refractivity contribution in [2.24, 2.45) is 0 Å². The Bertz CT molecular complexity index is 1650. The van der Waals surface area contributed by atoms with Crippen LogP contribution in [0.25, 0.3) is 0 Å². The number of fused-ring (bicyclic) bond motifs is 1. The molecule has 12 heteroatoms. The number of imide groups is 1. The van der Waals surface area contributed by atoms with Crippen molar-refractivity contribution < 1.29 is 27.9 Å². The Morgan fingerprint density at radius 3 is 2.60 bits per heavy atom. The first-order valence-electron chi connectivity index (χ1n) is 14.0. The maximum Gasteiger partial charge on any atom is 0.255 e. The molecule has 3 amide bonds. The van der Waals surface area contributed by atoms with Gasteiger partial charge in [0.15, 0.2) is 0 Å². The number of carbonyl (C=O) groups excluding carboxylic acids is 3. The lowest BCUT2D eigenvalue weighted by molar-refractivity contribution is -0.136. The second-order valence-electron chi connectivity index (χ2n) is 10.7. The molecule has 4 heterocycles. The lowest BCUT2D eigenvalue weighted by Crippen LogP contribution is -2.52. The van der Waals surface area contributed by atoms with Gasteiger partial charge in [-0.2, -0.15) is 9.65 Å². The second kappa shape index (κ2) is 12.0. The van der Waals surface area contributed by atoms with E-state index in [1.807, 2.05) is 11.0 Å². The minimum atomic E-state index is -0.735. The van der Waals surface area contributed by atoms with E-state index >= 15 is 4.39 Å². The highest BCUT2D eigenvalue weighted by atomic mass is 32.2. The zero-order valence-corrected chi connectivity index (χ0v) is 23.8. The Hall–Kier alpha value is -4.50. The third kappa shape index (κ3) is 5.90. The summed E-state index contributed by atoms with van der Waals surface area (Å²) in [6, 6.07) is 14.1. The number of hydrogen-bond donors (Lipinski definition) is 1. The lowest BCUT2D eigenvalue weighted by atomic mass is 10.0. The van der Waals surface area contributed by atoms with Crippen molar-refractivity contribution in [2.75, 3.05) is 18.0 Å². The maximum atomic E-state index is 15.0. The summed E-state index contributed by atoms with van der Waals surface area (Å²) < 4.78 is 35.4. The van der Waals surface area contributed by atoms with E-state index in [1.165, 1.54) is 22.7 Å². The first kappa shape index (κ1) is 28.6. The fraction of sp³-hybridized carbons (Fsp3) is 0.323. The number of pyridine rings is 1. The molecule has 2 aromatic carbocycles. The van der Waals surface area contributed by atoms with Crippen LogP contribution in [0.2, 0.25) is 0 Å². The molecule has 6 rings (SSSR count). The number of nitrogens with one attached hydrogen (secondary N) is 1. The molecule has 43 heavy (non-hydrogen) atoms. The topological polar surface area (TPSA) is 116 Å². The normalized spacial score (nSPS) is 18.8. The second-order valence-corrected chi connectivity index (χ2v) is 12.0. The van der Waals surface area contributed by atoms with Crippen molar-refractivity contribution >= 4 is 35.2 Å². The lowest BCUT2D eigenvalue weighted by Gasteiger charge is -2.33. The van der Waals surface area contributed by atoms with Crippen LogP contribution in [0.3, 0.4) is 0 Å². The first-order chi connectivity index (χ1) is 20.8. The van der Waals surface area contributed by atoms with Crippen LogP contribution in [-0.2, 0) is 22.7 Å². The highest BCUT2D eigenvalue weighted by Gasteiger charge is 2.40. The summed E-state index contributed by atoms with van der Waals surface area (Å²) in [4.78, 5) is 44.5. The zero-order valence-electron chi connectivity index (χ0n) is 23.0. The van der Waals surface area contributed by atoms with Crippen LogP contribution < -0.4 is 15.0 Å². The van der Waals surface area contributed by atoms with Gasteiger partial charge in [-0.3, -0.25) is 19.7 Å². The summed E-state index contributed by atoms with van der Waals surface area (Å²) in [6.07, 6.45) is 1.97. The summed E-state index contributed by atoms with van der Waals surface area (Å²) in [6.45, 7) is 1.34. The van der Waals surface area contributed by atoms with Crippen molar-refractivity contribution in [1.29, 1.82) is 5.26 Å². The Labute approximate surface area is 250 Å². The number of aromatic nitrogens is 1. The van der Waals surface area contributed by atoms with Crippen LogP contribution >= 0.6 is 11.8 Å². The molecule has 1 unspecified atom stereocenters. The molecule has 0 saturated carbocycles. The standard InChI is InChI=1S/C31H27F2N5O4S/c32-23-14-18(15-34)4-6-24(23)37-12-10-20(11-13-37)43-28-9-5-19(29(33)36-28)17-42-26-3-1-2-21-22(26)16-38(31(21)41)25-7-8-27(39)35-30(25)40/h1-6,9,14,20,25H,7-8,10-13,16-17H2,(H,35,39,40). The average Bonchev–Trinajstić information content (AvgIpc) is 3.33. The number of rotatable bonds is 7. The number of carbonyl (C=O) groups is 3. The molecule has 0 aliphatic carbocycles. The van der Waals surface area contributed by atoms with Crippen molar-refractivity contribution in [2.45, 2.75) is 55.2 Å². The summed E-state index contributed by atoms with van der Waals surface area (Å²) in [5.74, 6) is -1.78.